The quantitative estimate of drug-likeness (QED) is 0.337. The van der Waals surface area contributed by atoms with Gasteiger partial charge in [-0.05, 0) is 42.0 Å². The van der Waals surface area contributed by atoms with E-state index in [1.807, 2.05) is 12.1 Å². The van der Waals surface area contributed by atoms with Crippen molar-refractivity contribution >= 4 is 0 Å². The van der Waals surface area contributed by atoms with Gasteiger partial charge < -0.3 is 0 Å². The molecule has 2 aromatic rings. The molecule has 0 saturated heterocycles. The maximum atomic E-state index is 14.2. The molecule has 0 heterocycles. The number of benzene rings is 2. The smallest absolute Gasteiger partial charge is 0.131 e. The molecule has 142 valence electrons. The summed E-state index contributed by atoms with van der Waals surface area (Å²) < 4.78 is 14.2. The standard InChI is InChI=1S/C25H35F/c1-3-5-6-7-8-9-10-11-12-13-22-14-17-23(18-15-22)24-19-16-21(4-2)20-25(24)26/h14-20H,3-13H2,1-2H3. The molecule has 0 unspecified atom stereocenters. The summed E-state index contributed by atoms with van der Waals surface area (Å²) >= 11 is 0. The van der Waals surface area contributed by atoms with Crippen molar-refractivity contribution in [2.75, 3.05) is 0 Å². The minimum atomic E-state index is -0.115. The van der Waals surface area contributed by atoms with Gasteiger partial charge in [-0.3, -0.25) is 0 Å². The number of rotatable bonds is 12. The van der Waals surface area contributed by atoms with Gasteiger partial charge in [0, 0.05) is 5.56 Å². The second-order valence-corrected chi connectivity index (χ2v) is 7.44. The van der Waals surface area contributed by atoms with Crippen molar-refractivity contribution in [1.29, 1.82) is 0 Å². The van der Waals surface area contributed by atoms with E-state index in [0.29, 0.717) is 5.56 Å². The van der Waals surface area contributed by atoms with Crippen molar-refractivity contribution in [2.24, 2.45) is 0 Å². The van der Waals surface area contributed by atoms with Crippen LogP contribution in [0.5, 0.6) is 0 Å². The van der Waals surface area contributed by atoms with Crippen LogP contribution in [0.1, 0.15) is 82.8 Å². The molecule has 0 N–H and O–H groups in total. The fourth-order valence-electron chi connectivity index (χ4n) is 3.50. The van der Waals surface area contributed by atoms with Gasteiger partial charge in [-0.15, -0.1) is 0 Å². The minimum absolute atomic E-state index is 0.115. The molecule has 0 atom stereocenters. The summed E-state index contributed by atoms with van der Waals surface area (Å²) in [5, 5.41) is 0. The Balaban J connectivity index is 1.71. The molecule has 0 bridgehead atoms. The zero-order valence-corrected chi connectivity index (χ0v) is 16.7. The lowest BCUT2D eigenvalue weighted by molar-refractivity contribution is 0.565. The van der Waals surface area contributed by atoms with Crippen LogP contribution in [0.4, 0.5) is 4.39 Å². The lowest BCUT2D eigenvalue weighted by Gasteiger charge is -2.07. The van der Waals surface area contributed by atoms with E-state index >= 15 is 0 Å². The third-order valence-corrected chi connectivity index (χ3v) is 5.28. The van der Waals surface area contributed by atoms with Gasteiger partial charge in [-0.25, -0.2) is 4.39 Å². The van der Waals surface area contributed by atoms with Crippen LogP contribution in [0.2, 0.25) is 0 Å². The normalized spacial score (nSPS) is 11.0. The molecular weight excluding hydrogens is 319 g/mol. The first-order valence-electron chi connectivity index (χ1n) is 10.6. The van der Waals surface area contributed by atoms with Crippen LogP contribution in [0, 0.1) is 5.82 Å². The van der Waals surface area contributed by atoms with E-state index in [1.165, 1.54) is 63.4 Å². The fourth-order valence-corrected chi connectivity index (χ4v) is 3.50. The van der Waals surface area contributed by atoms with Crippen molar-refractivity contribution in [1.82, 2.24) is 0 Å². The predicted octanol–water partition coefficient (Wildman–Crippen LogP) is 8.13. The molecule has 0 radical (unpaired) electrons. The van der Waals surface area contributed by atoms with Gasteiger partial charge in [0.05, 0.1) is 0 Å². The SMILES string of the molecule is CCCCCCCCCCCc1ccc(-c2ccc(CC)cc2F)cc1. The summed E-state index contributed by atoms with van der Waals surface area (Å²) in [7, 11) is 0. The maximum absolute atomic E-state index is 14.2. The van der Waals surface area contributed by atoms with Crippen molar-refractivity contribution in [3.05, 3.63) is 59.4 Å². The molecule has 0 aliphatic carbocycles. The molecule has 0 nitrogen and oxygen atoms in total. The molecule has 0 saturated carbocycles. The van der Waals surface area contributed by atoms with Crippen LogP contribution in [-0.4, -0.2) is 0 Å². The Morgan fingerprint density at radius 3 is 1.81 bits per heavy atom. The van der Waals surface area contributed by atoms with Gasteiger partial charge in [-0.1, -0.05) is 102 Å². The van der Waals surface area contributed by atoms with E-state index in [9.17, 15) is 4.39 Å². The molecule has 0 spiro atoms. The van der Waals surface area contributed by atoms with Gasteiger partial charge in [0.15, 0.2) is 0 Å². The lowest BCUT2D eigenvalue weighted by Crippen LogP contribution is -1.90. The third kappa shape index (κ3) is 6.94. The second-order valence-electron chi connectivity index (χ2n) is 7.44. The van der Waals surface area contributed by atoms with Crippen LogP contribution in [-0.2, 0) is 12.8 Å². The van der Waals surface area contributed by atoms with E-state index in [2.05, 4.69) is 38.1 Å². The van der Waals surface area contributed by atoms with E-state index in [1.54, 1.807) is 6.07 Å². The number of aryl methyl sites for hydroxylation is 2. The highest BCUT2D eigenvalue weighted by atomic mass is 19.1. The van der Waals surface area contributed by atoms with E-state index in [-0.39, 0.29) is 5.82 Å². The molecule has 0 aliphatic rings. The van der Waals surface area contributed by atoms with Gasteiger partial charge in [0.1, 0.15) is 5.82 Å². The first-order valence-corrected chi connectivity index (χ1v) is 10.6. The second kappa shape index (κ2) is 11.9. The monoisotopic (exact) mass is 354 g/mol. The molecule has 0 aliphatic heterocycles. The predicted molar refractivity (Wildman–Crippen MR) is 112 cm³/mol. The number of hydrogen-bond donors (Lipinski definition) is 0. The Kier molecular flexibility index (Phi) is 9.45. The largest absolute Gasteiger partial charge is 0.206 e. The molecule has 2 aromatic carbocycles. The summed E-state index contributed by atoms with van der Waals surface area (Å²) in [6, 6.07) is 14.0. The zero-order chi connectivity index (χ0) is 18.6. The van der Waals surface area contributed by atoms with Gasteiger partial charge in [-0.2, -0.15) is 0 Å². The minimum Gasteiger partial charge on any atom is -0.206 e. The molecule has 2 rings (SSSR count). The molecule has 0 fully saturated rings. The Labute approximate surface area is 159 Å². The summed E-state index contributed by atoms with van der Waals surface area (Å²) in [6.07, 6.45) is 14.3. The fraction of sp³-hybridized carbons (Fsp3) is 0.520. The van der Waals surface area contributed by atoms with E-state index in [0.717, 1.165) is 24.0 Å². The molecule has 1 heteroatoms. The zero-order valence-electron chi connectivity index (χ0n) is 16.7. The number of unbranched alkanes of at least 4 members (excludes halogenated alkanes) is 8. The van der Waals surface area contributed by atoms with Gasteiger partial charge in [0.2, 0.25) is 0 Å². The van der Waals surface area contributed by atoms with Crippen LogP contribution in [0.25, 0.3) is 11.1 Å². The first kappa shape index (κ1) is 20.7. The maximum Gasteiger partial charge on any atom is 0.131 e. The van der Waals surface area contributed by atoms with E-state index < -0.39 is 0 Å². The van der Waals surface area contributed by atoms with Gasteiger partial charge in [0.25, 0.3) is 0 Å². The van der Waals surface area contributed by atoms with Crippen molar-refractivity contribution in [3.63, 3.8) is 0 Å². The van der Waals surface area contributed by atoms with Crippen molar-refractivity contribution in [2.45, 2.75) is 84.5 Å². The average Bonchev–Trinajstić information content (AvgIpc) is 2.67. The Hall–Kier alpha value is -1.63. The molecule has 26 heavy (non-hydrogen) atoms. The molecule has 0 amide bonds. The number of halogens is 1. The number of hydrogen-bond acceptors (Lipinski definition) is 0. The highest BCUT2D eigenvalue weighted by molar-refractivity contribution is 5.64. The van der Waals surface area contributed by atoms with Crippen molar-refractivity contribution < 1.29 is 4.39 Å². The van der Waals surface area contributed by atoms with Crippen molar-refractivity contribution in [3.8, 4) is 11.1 Å². The lowest BCUT2D eigenvalue weighted by atomic mass is 9.99. The molecule has 0 aromatic heterocycles. The first-order chi connectivity index (χ1) is 12.7. The Morgan fingerprint density at radius 1 is 0.654 bits per heavy atom. The van der Waals surface area contributed by atoms with Crippen LogP contribution in [0.15, 0.2) is 42.5 Å². The Bertz CT molecular complexity index is 627. The molecular formula is C25H35F. The third-order valence-electron chi connectivity index (χ3n) is 5.28. The highest BCUT2D eigenvalue weighted by Gasteiger charge is 2.06. The summed E-state index contributed by atoms with van der Waals surface area (Å²) in [5.74, 6) is -0.115. The van der Waals surface area contributed by atoms with Crippen LogP contribution < -0.4 is 0 Å². The average molecular weight is 355 g/mol. The Morgan fingerprint density at radius 2 is 1.23 bits per heavy atom. The summed E-state index contributed by atoms with van der Waals surface area (Å²) in [6.45, 7) is 4.32. The highest BCUT2D eigenvalue weighted by Crippen LogP contribution is 2.24. The van der Waals surface area contributed by atoms with Crippen LogP contribution >= 0.6 is 0 Å². The summed E-state index contributed by atoms with van der Waals surface area (Å²) in [5.41, 5.74) is 4.09. The van der Waals surface area contributed by atoms with Crippen LogP contribution in [0.3, 0.4) is 0 Å². The summed E-state index contributed by atoms with van der Waals surface area (Å²) in [4.78, 5) is 0. The topological polar surface area (TPSA) is 0 Å². The van der Waals surface area contributed by atoms with E-state index in [4.69, 9.17) is 0 Å². The van der Waals surface area contributed by atoms with Gasteiger partial charge >= 0.3 is 0 Å².